The van der Waals surface area contributed by atoms with Gasteiger partial charge in [-0.25, -0.2) is 0 Å². The van der Waals surface area contributed by atoms with Crippen molar-refractivity contribution in [2.24, 2.45) is 0 Å². The third kappa shape index (κ3) is 9.33. The first kappa shape index (κ1) is 64.7. The Hall–Kier alpha value is -14.1. The first-order chi connectivity index (χ1) is 56.5. The number of benzene rings is 17. The second-order valence-corrected chi connectivity index (χ2v) is 35.1. The Morgan fingerprint density at radius 1 is 0.307 bits per heavy atom. The van der Waals surface area contributed by atoms with Gasteiger partial charge in [0.05, 0.1) is 0 Å². The molecule has 6 nitrogen and oxygen atoms in total. The highest BCUT2D eigenvalue weighted by Gasteiger charge is 2.58. The lowest BCUT2D eigenvalue weighted by molar-refractivity contribution is 0.759. The first-order valence-electron chi connectivity index (χ1n) is 40.0. The molecule has 0 N–H and O–H groups in total. The van der Waals surface area contributed by atoms with Gasteiger partial charge in [-0.2, -0.15) is 0 Å². The van der Waals surface area contributed by atoms with Crippen molar-refractivity contribution in [3.05, 3.63) is 412 Å². The fourth-order valence-electron chi connectivity index (χ4n) is 20.9. The van der Waals surface area contributed by atoms with Crippen LogP contribution in [0.4, 0.5) is 79.6 Å². The van der Waals surface area contributed by atoms with Gasteiger partial charge in [-0.15, -0.1) is 0 Å². The number of para-hydroxylation sites is 9. The molecule has 1 atom stereocenters. The van der Waals surface area contributed by atoms with E-state index in [-0.39, 0.29) is 19.6 Å². The Bertz CT molecular complexity index is 6890. The van der Waals surface area contributed by atoms with E-state index in [4.69, 9.17) is 0 Å². The van der Waals surface area contributed by atoms with Gasteiger partial charge >= 0.3 is 13.7 Å². The molecule has 0 bridgehead atoms. The molecule has 1 spiro atoms. The minimum absolute atomic E-state index is 0.0711. The van der Waals surface area contributed by atoms with E-state index in [0.29, 0.717) is 0 Å². The maximum Gasteiger partial charge on any atom is 0.333 e. The molecule has 0 amide bonds. The minimum Gasteiger partial charge on any atom is -0.376 e. The Kier molecular flexibility index (Phi) is 14.3. The topological polar surface area (TPSA) is 21.1 Å². The molecule has 9 heteroatoms. The molecule has 7 heterocycles. The number of hydrogen-bond acceptors (Lipinski definition) is 5. The van der Waals surface area contributed by atoms with Gasteiger partial charge in [0.1, 0.15) is 0 Å². The van der Waals surface area contributed by atoms with Crippen LogP contribution in [0.25, 0.3) is 66.3 Å². The molecule has 0 aliphatic carbocycles. The fourth-order valence-corrected chi connectivity index (χ4v) is 26.5. The van der Waals surface area contributed by atoms with Crippen molar-refractivity contribution in [2.75, 3.05) is 24.4 Å². The van der Waals surface area contributed by atoms with Crippen molar-refractivity contribution < 1.29 is 0 Å². The van der Waals surface area contributed by atoms with Crippen molar-refractivity contribution in [3.8, 4) is 44.5 Å². The van der Waals surface area contributed by atoms with Crippen molar-refractivity contribution >= 4 is 166 Å². The van der Waals surface area contributed by atoms with Gasteiger partial charge in [-0.05, 0) is 233 Å². The number of nitrogens with zero attached hydrogens (tertiary/aromatic N) is 6. The molecule has 1 unspecified atom stereocenters. The van der Waals surface area contributed by atoms with Crippen LogP contribution in [0.5, 0.6) is 0 Å². The van der Waals surface area contributed by atoms with Crippen LogP contribution >= 0.6 is 0 Å². The van der Waals surface area contributed by atoms with Crippen LogP contribution in [0.15, 0.2) is 400 Å². The second-order valence-electron chi connectivity index (χ2n) is 31.4. The number of fused-ring (bicyclic) bond motifs is 20. The van der Waals surface area contributed by atoms with E-state index in [1.165, 1.54) is 143 Å². The highest BCUT2D eigenvalue weighted by Crippen LogP contribution is 2.53. The summed E-state index contributed by atoms with van der Waals surface area (Å²) >= 11 is 0. The Morgan fingerprint density at radius 3 is 1.51 bits per heavy atom. The quantitative estimate of drug-likeness (QED) is 0.113. The van der Waals surface area contributed by atoms with Crippen molar-refractivity contribution in [1.82, 2.24) is 4.48 Å². The maximum atomic E-state index is 2.79. The van der Waals surface area contributed by atoms with Gasteiger partial charge in [0.15, 0.2) is 8.07 Å². The zero-order valence-electron chi connectivity index (χ0n) is 62.7. The molecule has 6 aliphatic heterocycles. The Balaban J connectivity index is 0.689. The van der Waals surface area contributed by atoms with Crippen LogP contribution in [0, 0.1) is 0 Å². The summed E-state index contributed by atoms with van der Waals surface area (Å²) in [6.45, 7) is 2.12. The van der Waals surface area contributed by atoms with E-state index in [1.807, 2.05) is 0 Å². The van der Waals surface area contributed by atoms with Crippen LogP contribution in [0.2, 0.25) is 0 Å². The van der Waals surface area contributed by atoms with Gasteiger partial charge in [0.25, 0.3) is 0 Å². The van der Waals surface area contributed by atoms with Crippen molar-refractivity contribution in [3.63, 3.8) is 0 Å². The molecule has 18 aromatic rings. The predicted octanol–water partition coefficient (Wildman–Crippen LogP) is 21.5. The van der Waals surface area contributed by atoms with Crippen LogP contribution in [-0.4, -0.2) is 26.2 Å². The third-order valence-corrected chi connectivity index (χ3v) is 30.4. The molecule has 24 rings (SSSR count). The number of hydrogen-bond donors (Lipinski definition) is 0. The molecule has 0 saturated carbocycles. The fraction of sp³-hybridized carbons (Fsp3) is 0.0286. The lowest BCUT2D eigenvalue weighted by atomic mass is 9.43. The van der Waals surface area contributed by atoms with Gasteiger partial charge in [-0.3, -0.25) is 0 Å². The smallest absolute Gasteiger partial charge is 0.333 e. The van der Waals surface area contributed by atoms with Crippen LogP contribution in [0.1, 0.15) is 24.0 Å². The number of anilines is 14. The predicted molar refractivity (Wildman–Crippen MR) is 483 cm³/mol. The van der Waals surface area contributed by atoms with Gasteiger partial charge in [0.2, 0.25) is 0 Å². The third-order valence-electron chi connectivity index (χ3n) is 25.5. The normalized spacial score (nSPS) is 13.8. The molecule has 17 aromatic carbocycles. The zero-order chi connectivity index (χ0) is 74.9. The van der Waals surface area contributed by atoms with E-state index in [0.717, 1.165) is 63.3 Å². The SMILES string of the molecule is CC(Cc1cccc(N(c2ccccc2)c2ccc3c(c2)B2c4c(cc(-c5ccccc5)cc4N3c3ccccc3)-c3cccc4c5ccccc5n2c34)c1)c1cc2c3c(c1)N(c1ccccc1)c1cc(N(c4ccccc4)c4ccccc4)ccc1B3N1c3ccccc3[Si]3(c4ccccc4-c4ccccc43)c3cccc-2c31. The molecule has 6 aliphatic rings. The highest BCUT2D eigenvalue weighted by atomic mass is 28.3. The molecule has 0 fully saturated rings. The molecule has 114 heavy (non-hydrogen) atoms. The molecule has 1 aromatic heterocycles. The molecular formula is C105H72B2N6Si. The lowest BCUT2D eigenvalue weighted by Gasteiger charge is -2.52. The first-order valence-corrected chi connectivity index (χ1v) is 42.0. The average molecular weight is 1470 g/mol. The highest BCUT2D eigenvalue weighted by molar-refractivity contribution is 7.24. The number of aromatic nitrogens is 1. The summed E-state index contributed by atoms with van der Waals surface area (Å²) in [7, 11) is -2.98. The monoisotopic (exact) mass is 1470 g/mol. The summed E-state index contributed by atoms with van der Waals surface area (Å²) in [4.78, 5) is 12.9. The maximum absolute atomic E-state index is 2.98. The van der Waals surface area contributed by atoms with Crippen LogP contribution < -0.4 is 67.0 Å². The standard InChI is InChI=1S/C105H72B2N6Si/c1-69(61-70-31-28-44-79(62-70)109(76-38-14-5-15-39-76)80-58-60-93-91(67-80)107-103-89(86-49-29-48-85-82-45-20-23-51-92(82)112(107)104(85)86)64-73(71-32-8-2-9-33-71)66-97(103)110(93)77-40-16-6-17-41-77)72-63-88-87-50-30-56-101-105(87)113(94-52-24-27-55-100(94)114(101)98-53-25-21-46-83(98)84-47-22-26-54-99(84)114)106-90-59-57-81(108(74-34-10-3-11-35-74)75-36-12-4-13-37-75)68-95(90)111(96(65-72)102(88)106)78-42-18-7-19-43-78/h2-60,62-69H,61H2,1H3. The van der Waals surface area contributed by atoms with E-state index < -0.39 is 8.07 Å². The van der Waals surface area contributed by atoms with Crippen molar-refractivity contribution in [2.45, 2.75) is 19.3 Å². The van der Waals surface area contributed by atoms with E-state index in [9.17, 15) is 0 Å². The summed E-state index contributed by atoms with van der Waals surface area (Å²) in [5.41, 5.74) is 36.6. The minimum atomic E-state index is -2.98. The molecule has 0 radical (unpaired) electrons. The van der Waals surface area contributed by atoms with Crippen LogP contribution in [-0.2, 0) is 6.42 Å². The summed E-state index contributed by atoms with van der Waals surface area (Å²) in [5.74, 6) is 0.0711. The van der Waals surface area contributed by atoms with Crippen molar-refractivity contribution in [1.29, 1.82) is 0 Å². The number of rotatable bonds is 12. The molecular weight excluding hydrogens is 1390 g/mol. The summed E-state index contributed by atoms with van der Waals surface area (Å²) in [6, 6.07) is 152. The van der Waals surface area contributed by atoms with Crippen LogP contribution in [0.3, 0.4) is 0 Å². The summed E-state index contributed by atoms with van der Waals surface area (Å²) < 4.78 is 2.68. The summed E-state index contributed by atoms with van der Waals surface area (Å²) in [5, 5.41) is 8.36. The molecule has 532 valence electrons. The van der Waals surface area contributed by atoms with Gasteiger partial charge in [0, 0.05) is 113 Å². The average Bonchev–Trinajstić information content (AvgIpc) is 1.21. The van der Waals surface area contributed by atoms with E-state index in [2.05, 4.69) is 436 Å². The van der Waals surface area contributed by atoms with Gasteiger partial charge in [-0.1, -0.05) is 274 Å². The summed E-state index contributed by atoms with van der Waals surface area (Å²) in [6.07, 6.45) is 0.794. The largest absolute Gasteiger partial charge is 0.376 e. The lowest BCUT2D eigenvalue weighted by Crippen LogP contribution is -2.78. The molecule has 0 saturated heterocycles. The zero-order valence-corrected chi connectivity index (χ0v) is 63.7. The van der Waals surface area contributed by atoms with Gasteiger partial charge < -0.3 is 28.9 Å². The second kappa shape index (κ2) is 25.2. The Morgan fingerprint density at radius 2 is 0.807 bits per heavy atom. The Labute approximate surface area is 665 Å². The van der Waals surface area contributed by atoms with E-state index >= 15 is 0 Å². The van der Waals surface area contributed by atoms with E-state index in [1.54, 1.807) is 0 Å².